The van der Waals surface area contributed by atoms with Crippen molar-refractivity contribution in [3.63, 3.8) is 0 Å². The molecule has 0 aliphatic heterocycles. The highest BCUT2D eigenvalue weighted by atomic mass is 19.3. The summed E-state index contributed by atoms with van der Waals surface area (Å²) in [6.45, 7) is 3.21. The van der Waals surface area contributed by atoms with E-state index in [-0.39, 0.29) is 35.9 Å². The number of aryl methyl sites for hydroxylation is 3. The monoisotopic (exact) mass is 571 g/mol. The van der Waals surface area contributed by atoms with Crippen LogP contribution in [0.5, 0.6) is 5.75 Å². The molecular weight excluding hydrogens is 543 g/mol. The number of pyridine rings is 1. The quantitative estimate of drug-likeness (QED) is 0.233. The zero-order chi connectivity index (χ0) is 29.4. The molecule has 0 spiro atoms. The van der Waals surface area contributed by atoms with Crippen molar-refractivity contribution in [1.82, 2.24) is 40.3 Å². The Bertz CT molecular complexity index is 1480. The first kappa shape index (κ1) is 29.2. The van der Waals surface area contributed by atoms with Gasteiger partial charge in [0.1, 0.15) is 11.6 Å². The highest BCUT2D eigenvalue weighted by Crippen LogP contribution is 2.23. The second kappa shape index (κ2) is 13.0. The minimum atomic E-state index is -3.42. The minimum Gasteiger partial charge on any atom is -0.433 e. The molecule has 12 nitrogen and oxygen atoms in total. The first-order valence-electron chi connectivity index (χ1n) is 12.7. The van der Waals surface area contributed by atoms with Crippen LogP contribution in [-0.2, 0) is 30.8 Å². The molecule has 0 saturated carbocycles. The molecule has 0 fully saturated rings. The zero-order valence-electron chi connectivity index (χ0n) is 22.4. The van der Waals surface area contributed by atoms with Gasteiger partial charge in [0.25, 0.3) is 5.91 Å². The van der Waals surface area contributed by atoms with Crippen molar-refractivity contribution in [2.45, 2.75) is 58.9 Å². The Balaban J connectivity index is 1.18. The lowest BCUT2D eigenvalue weighted by Crippen LogP contribution is -2.24. The molecule has 4 rings (SSSR count). The molecule has 0 radical (unpaired) electrons. The second-order valence-electron chi connectivity index (χ2n) is 9.32. The van der Waals surface area contributed by atoms with Crippen LogP contribution in [0.1, 0.15) is 47.1 Å². The summed E-state index contributed by atoms with van der Waals surface area (Å²) in [7, 11) is 0. The number of nitrogens with zero attached hydrogens (tertiary/aromatic N) is 7. The Kier molecular flexibility index (Phi) is 9.26. The highest BCUT2D eigenvalue weighted by Gasteiger charge is 2.23. The molecule has 15 heteroatoms. The van der Waals surface area contributed by atoms with Crippen LogP contribution in [0.4, 0.5) is 19.0 Å². The van der Waals surface area contributed by atoms with E-state index in [1.54, 1.807) is 17.1 Å². The molecule has 216 valence electrons. The van der Waals surface area contributed by atoms with Gasteiger partial charge in [0, 0.05) is 44.0 Å². The van der Waals surface area contributed by atoms with Gasteiger partial charge in [-0.3, -0.25) is 23.9 Å². The van der Waals surface area contributed by atoms with Crippen molar-refractivity contribution < 1.29 is 27.5 Å². The summed E-state index contributed by atoms with van der Waals surface area (Å²) < 4.78 is 47.7. The SMILES string of the molecule is Cc1ccc(CC(=O)Nc2cn(CCCCn3cc(C(=O)NCc4cc(OC(C)(F)F)ccc4F)nn3)nn2)cn1. The third kappa shape index (κ3) is 9.12. The number of halogens is 3. The molecule has 3 aromatic heterocycles. The number of benzene rings is 1. The number of hydrogen-bond donors (Lipinski definition) is 2. The lowest BCUT2D eigenvalue weighted by atomic mass is 10.2. The number of alkyl halides is 2. The fraction of sp³-hybridized carbons (Fsp3) is 0.346. The van der Waals surface area contributed by atoms with E-state index in [9.17, 15) is 22.8 Å². The van der Waals surface area contributed by atoms with Gasteiger partial charge in [-0.2, -0.15) is 8.78 Å². The Hall–Kier alpha value is -4.82. The van der Waals surface area contributed by atoms with Crippen LogP contribution in [0, 0.1) is 12.7 Å². The molecule has 2 amide bonds. The van der Waals surface area contributed by atoms with Gasteiger partial charge in [0.05, 0.1) is 18.8 Å². The van der Waals surface area contributed by atoms with Crippen LogP contribution in [0.2, 0.25) is 0 Å². The van der Waals surface area contributed by atoms with Gasteiger partial charge in [-0.05, 0) is 49.6 Å². The maximum absolute atomic E-state index is 14.0. The van der Waals surface area contributed by atoms with Crippen LogP contribution in [0.25, 0.3) is 0 Å². The number of nitrogens with one attached hydrogen (secondary N) is 2. The van der Waals surface area contributed by atoms with E-state index in [4.69, 9.17) is 0 Å². The summed E-state index contributed by atoms with van der Waals surface area (Å²) in [6.07, 6.45) is 2.91. The summed E-state index contributed by atoms with van der Waals surface area (Å²) in [6, 6.07) is 6.85. The molecule has 4 aromatic rings. The first-order valence-corrected chi connectivity index (χ1v) is 12.7. The smallest absolute Gasteiger partial charge is 0.394 e. The normalized spacial score (nSPS) is 11.3. The van der Waals surface area contributed by atoms with Gasteiger partial charge in [-0.25, -0.2) is 4.39 Å². The van der Waals surface area contributed by atoms with E-state index in [2.05, 4.69) is 41.0 Å². The van der Waals surface area contributed by atoms with E-state index in [0.717, 1.165) is 29.5 Å². The van der Waals surface area contributed by atoms with E-state index in [1.165, 1.54) is 10.9 Å². The topological polar surface area (TPSA) is 142 Å². The summed E-state index contributed by atoms with van der Waals surface area (Å²) >= 11 is 0. The maximum atomic E-state index is 14.0. The van der Waals surface area contributed by atoms with Gasteiger partial charge >= 0.3 is 6.11 Å². The molecule has 0 aliphatic carbocycles. The van der Waals surface area contributed by atoms with Gasteiger partial charge in [0.2, 0.25) is 5.91 Å². The molecule has 0 aliphatic rings. The Morgan fingerprint density at radius 3 is 2.46 bits per heavy atom. The van der Waals surface area contributed by atoms with Gasteiger partial charge in [-0.15, -0.1) is 10.2 Å². The van der Waals surface area contributed by atoms with Crippen LogP contribution in [0.3, 0.4) is 0 Å². The molecule has 0 saturated heterocycles. The summed E-state index contributed by atoms with van der Waals surface area (Å²) in [4.78, 5) is 28.8. The first-order chi connectivity index (χ1) is 19.5. The number of carbonyl (C=O) groups excluding carboxylic acids is 2. The number of unbranched alkanes of at least 4 members (excludes halogenated alkanes) is 1. The third-order valence-electron chi connectivity index (χ3n) is 5.69. The summed E-state index contributed by atoms with van der Waals surface area (Å²) in [5, 5.41) is 20.9. The fourth-order valence-corrected chi connectivity index (χ4v) is 3.72. The van der Waals surface area contributed by atoms with Crippen molar-refractivity contribution in [3.05, 3.63) is 77.3 Å². The average molecular weight is 572 g/mol. The number of anilines is 1. The zero-order valence-corrected chi connectivity index (χ0v) is 22.4. The van der Waals surface area contributed by atoms with E-state index in [0.29, 0.717) is 38.7 Å². The molecule has 1 aromatic carbocycles. The van der Waals surface area contributed by atoms with Gasteiger partial charge in [-0.1, -0.05) is 16.5 Å². The van der Waals surface area contributed by atoms with Crippen molar-refractivity contribution in [1.29, 1.82) is 0 Å². The summed E-state index contributed by atoms with van der Waals surface area (Å²) in [5.41, 5.74) is 1.67. The van der Waals surface area contributed by atoms with Crippen molar-refractivity contribution in [3.8, 4) is 5.75 Å². The molecule has 0 unspecified atom stereocenters. The highest BCUT2D eigenvalue weighted by molar-refractivity contribution is 5.92. The van der Waals surface area contributed by atoms with E-state index < -0.39 is 17.8 Å². The Labute approximate surface area is 232 Å². The molecular formula is C26H28F3N9O3. The van der Waals surface area contributed by atoms with Gasteiger partial charge in [0.15, 0.2) is 11.5 Å². The number of hydrogen-bond acceptors (Lipinski definition) is 8. The molecule has 0 atom stereocenters. The molecule has 0 bridgehead atoms. The lowest BCUT2D eigenvalue weighted by Gasteiger charge is -2.14. The van der Waals surface area contributed by atoms with Crippen LogP contribution < -0.4 is 15.4 Å². The number of aromatic nitrogens is 7. The molecule has 41 heavy (non-hydrogen) atoms. The predicted octanol–water partition coefficient (Wildman–Crippen LogP) is 3.30. The van der Waals surface area contributed by atoms with Crippen LogP contribution in [-0.4, -0.2) is 52.9 Å². The van der Waals surface area contributed by atoms with Gasteiger partial charge < -0.3 is 15.4 Å². The molecule has 2 N–H and O–H groups in total. The van der Waals surface area contributed by atoms with Crippen LogP contribution in [0.15, 0.2) is 48.9 Å². The standard InChI is InChI=1S/C26H28F3N9O3/c1-17-5-6-18(13-30-17)11-24(39)32-23-16-38(36-34-23)10-4-3-9-37-15-22(33-35-37)25(40)31-14-19-12-20(7-8-21(19)27)41-26(2,28)29/h5-8,12-13,15-16H,3-4,9-11,14H2,1-2H3,(H,31,40)(H,32,39). The van der Waals surface area contributed by atoms with Crippen molar-refractivity contribution in [2.75, 3.05) is 5.32 Å². The van der Waals surface area contributed by atoms with Crippen molar-refractivity contribution in [2.24, 2.45) is 0 Å². The molecule has 3 heterocycles. The Morgan fingerprint density at radius 2 is 1.76 bits per heavy atom. The van der Waals surface area contributed by atoms with E-state index in [1.807, 2.05) is 19.1 Å². The predicted molar refractivity (Wildman–Crippen MR) is 139 cm³/mol. The summed E-state index contributed by atoms with van der Waals surface area (Å²) in [5.74, 6) is -1.37. The average Bonchev–Trinajstić information content (AvgIpc) is 3.57. The fourth-order valence-electron chi connectivity index (χ4n) is 3.72. The number of rotatable bonds is 13. The van der Waals surface area contributed by atoms with Crippen LogP contribution >= 0.6 is 0 Å². The number of ether oxygens (including phenoxy) is 1. The largest absolute Gasteiger partial charge is 0.433 e. The number of amides is 2. The maximum Gasteiger partial charge on any atom is 0.394 e. The second-order valence-corrected chi connectivity index (χ2v) is 9.32. The lowest BCUT2D eigenvalue weighted by molar-refractivity contribution is -0.159. The minimum absolute atomic E-state index is 0.0214. The van der Waals surface area contributed by atoms with Crippen molar-refractivity contribution >= 4 is 17.6 Å². The van der Waals surface area contributed by atoms with E-state index >= 15 is 0 Å². The Morgan fingerprint density at radius 1 is 1.02 bits per heavy atom. The number of carbonyl (C=O) groups is 2. The third-order valence-corrected chi connectivity index (χ3v) is 5.69.